The zero-order chi connectivity index (χ0) is 16.1. The van der Waals surface area contributed by atoms with Crippen LogP contribution in [0.5, 0.6) is 0 Å². The van der Waals surface area contributed by atoms with E-state index in [2.05, 4.69) is 9.47 Å². The van der Waals surface area contributed by atoms with Gasteiger partial charge in [0.25, 0.3) is 0 Å². The number of ketones is 1. The number of carbonyl (C=O) groups is 3. The third-order valence-corrected chi connectivity index (χ3v) is 3.15. The van der Waals surface area contributed by atoms with E-state index in [1.54, 1.807) is 24.3 Å². The molecule has 0 unspecified atom stereocenters. The second kappa shape index (κ2) is 6.67. The molecular weight excluding hydrogens is 284 g/mol. The highest BCUT2D eigenvalue weighted by molar-refractivity contribution is 6.18. The van der Waals surface area contributed by atoms with Crippen LogP contribution in [0.4, 0.5) is 0 Å². The van der Waals surface area contributed by atoms with Crippen molar-refractivity contribution < 1.29 is 23.9 Å². The minimum absolute atomic E-state index is 0.148. The highest BCUT2D eigenvalue weighted by Crippen LogP contribution is 2.19. The van der Waals surface area contributed by atoms with Gasteiger partial charge in [-0.25, -0.2) is 9.59 Å². The van der Waals surface area contributed by atoms with Gasteiger partial charge < -0.3 is 9.47 Å². The zero-order valence-electron chi connectivity index (χ0n) is 12.2. The van der Waals surface area contributed by atoms with Gasteiger partial charge in [-0.05, 0) is 12.1 Å². The summed E-state index contributed by atoms with van der Waals surface area (Å²) in [5.74, 6) is -1.67. The Kier molecular flexibility index (Phi) is 4.68. The predicted octanol–water partition coefficient (Wildman–Crippen LogP) is 2.49. The maximum Gasteiger partial charge on any atom is 0.338 e. The first-order valence-corrected chi connectivity index (χ1v) is 6.49. The Morgan fingerprint density at radius 2 is 0.955 bits per heavy atom. The summed E-state index contributed by atoms with van der Waals surface area (Å²) >= 11 is 0. The van der Waals surface area contributed by atoms with Gasteiger partial charge in [-0.15, -0.1) is 0 Å². The SMILES string of the molecule is COC(=O)c1ccccc1C(=O)c1ccccc1C(=O)OC. The third kappa shape index (κ3) is 2.88. The number of carbonyl (C=O) groups excluding carboxylic acids is 3. The molecule has 0 aromatic heterocycles. The number of benzene rings is 2. The van der Waals surface area contributed by atoms with E-state index in [4.69, 9.17) is 0 Å². The minimum atomic E-state index is -0.612. The van der Waals surface area contributed by atoms with Crippen LogP contribution in [-0.4, -0.2) is 31.9 Å². The maximum atomic E-state index is 12.7. The van der Waals surface area contributed by atoms with Gasteiger partial charge in [-0.1, -0.05) is 36.4 Å². The van der Waals surface area contributed by atoms with Crippen molar-refractivity contribution in [2.45, 2.75) is 0 Å². The topological polar surface area (TPSA) is 69.7 Å². The predicted molar refractivity (Wildman–Crippen MR) is 79.0 cm³/mol. The standard InChI is InChI=1S/C17H14O5/c1-21-16(19)13-9-5-3-7-11(13)15(18)12-8-4-6-10-14(12)17(20)22-2/h3-10H,1-2H3. The van der Waals surface area contributed by atoms with E-state index in [0.29, 0.717) is 0 Å². The average molecular weight is 298 g/mol. The average Bonchev–Trinajstić information content (AvgIpc) is 2.59. The Bertz CT molecular complexity index is 672. The van der Waals surface area contributed by atoms with Crippen LogP contribution in [0.25, 0.3) is 0 Å². The summed E-state index contributed by atoms with van der Waals surface area (Å²) in [5.41, 5.74) is 0.640. The van der Waals surface area contributed by atoms with E-state index in [-0.39, 0.29) is 22.3 Å². The lowest BCUT2D eigenvalue weighted by Gasteiger charge is -2.09. The number of hydrogen-bond donors (Lipinski definition) is 0. The summed E-state index contributed by atoms with van der Waals surface area (Å²) in [6, 6.07) is 12.6. The molecule has 5 nitrogen and oxygen atoms in total. The van der Waals surface area contributed by atoms with Crippen LogP contribution in [0.1, 0.15) is 36.6 Å². The van der Waals surface area contributed by atoms with Gasteiger partial charge in [-0.2, -0.15) is 0 Å². The smallest absolute Gasteiger partial charge is 0.338 e. The summed E-state index contributed by atoms with van der Waals surface area (Å²) in [7, 11) is 2.48. The lowest BCUT2D eigenvalue weighted by molar-refractivity contribution is 0.0592. The fourth-order valence-corrected chi connectivity index (χ4v) is 2.08. The molecule has 0 spiro atoms. The molecule has 0 saturated carbocycles. The van der Waals surface area contributed by atoms with Crippen molar-refractivity contribution in [2.24, 2.45) is 0 Å². The third-order valence-electron chi connectivity index (χ3n) is 3.15. The molecule has 0 saturated heterocycles. The molecule has 0 aliphatic carbocycles. The number of rotatable bonds is 4. The van der Waals surface area contributed by atoms with Gasteiger partial charge in [-0.3, -0.25) is 4.79 Å². The van der Waals surface area contributed by atoms with Crippen molar-refractivity contribution in [1.82, 2.24) is 0 Å². The molecule has 5 heteroatoms. The molecule has 0 N–H and O–H groups in total. The molecule has 0 amide bonds. The van der Waals surface area contributed by atoms with Gasteiger partial charge in [0, 0.05) is 11.1 Å². The van der Waals surface area contributed by atoms with E-state index < -0.39 is 17.7 Å². The lowest BCUT2D eigenvalue weighted by atomic mass is 9.95. The van der Waals surface area contributed by atoms with Gasteiger partial charge >= 0.3 is 11.9 Å². The summed E-state index contributed by atoms with van der Waals surface area (Å²) in [5, 5.41) is 0. The second-order valence-corrected chi connectivity index (χ2v) is 4.40. The number of ether oxygens (including phenoxy) is 2. The zero-order valence-corrected chi connectivity index (χ0v) is 12.2. The fourth-order valence-electron chi connectivity index (χ4n) is 2.08. The summed E-state index contributed by atoms with van der Waals surface area (Å²) in [6.07, 6.45) is 0. The Labute approximate surface area is 127 Å². The first-order valence-electron chi connectivity index (χ1n) is 6.49. The molecule has 112 valence electrons. The summed E-state index contributed by atoms with van der Waals surface area (Å²) in [6.45, 7) is 0. The van der Waals surface area contributed by atoms with Crippen molar-refractivity contribution in [2.75, 3.05) is 14.2 Å². The summed E-state index contributed by atoms with van der Waals surface area (Å²) in [4.78, 5) is 36.3. The Morgan fingerprint density at radius 3 is 1.27 bits per heavy atom. The fraction of sp³-hybridized carbons (Fsp3) is 0.118. The van der Waals surface area contributed by atoms with Gasteiger partial charge in [0.05, 0.1) is 25.3 Å². The second-order valence-electron chi connectivity index (χ2n) is 4.40. The van der Waals surface area contributed by atoms with Crippen LogP contribution >= 0.6 is 0 Å². The van der Waals surface area contributed by atoms with E-state index in [1.807, 2.05) is 0 Å². The number of methoxy groups -OCH3 is 2. The molecule has 0 atom stereocenters. The molecule has 2 aromatic carbocycles. The Morgan fingerprint density at radius 1 is 0.636 bits per heavy atom. The van der Waals surface area contributed by atoms with Crippen LogP contribution in [0, 0.1) is 0 Å². The molecule has 0 aliphatic heterocycles. The number of esters is 2. The van der Waals surface area contributed by atoms with Crippen molar-refractivity contribution >= 4 is 17.7 Å². The quantitative estimate of drug-likeness (QED) is 0.640. The largest absolute Gasteiger partial charge is 0.465 e. The van der Waals surface area contributed by atoms with E-state index in [0.717, 1.165) is 0 Å². The molecular formula is C17H14O5. The lowest BCUT2D eigenvalue weighted by Crippen LogP contribution is -2.15. The molecule has 0 aliphatic rings. The highest BCUT2D eigenvalue weighted by atomic mass is 16.5. The normalized spacial score (nSPS) is 9.91. The van der Waals surface area contributed by atoms with Gasteiger partial charge in [0.2, 0.25) is 0 Å². The Hall–Kier alpha value is -2.95. The molecule has 2 aromatic rings. The van der Waals surface area contributed by atoms with Crippen LogP contribution in [-0.2, 0) is 9.47 Å². The Balaban J connectivity index is 2.55. The molecule has 2 rings (SSSR count). The molecule has 0 fully saturated rings. The van der Waals surface area contributed by atoms with Crippen LogP contribution in [0.15, 0.2) is 48.5 Å². The monoisotopic (exact) mass is 298 g/mol. The van der Waals surface area contributed by atoms with Gasteiger partial charge in [0.1, 0.15) is 0 Å². The molecule has 0 bridgehead atoms. The minimum Gasteiger partial charge on any atom is -0.465 e. The van der Waals surface area contributed by atoms with Crippen molar-refractivity contribution in [3.05, 3.63) is 70.8 Å². The van der Waals surface area contributed by atoms with E-state index in [1.165, 1.54) is 38.5 Å². The van der Waals surface area contributed by atoms with Crippen molar-refractivity contribution in [1.29, 1.82) is 0 Å². The summed E-state index contributed by atoms with van der Waals surface area (Å²) < 4.78 is 9.36. The van der Waals surface area contributed by atoms with Crippen LogP contribution < -0.4 is 0 Å². The molecule has 0 radical (unpaired) electrons. The van der Waals surface area contributed by atoms with E-state index in [9.17, 15) is 14.4 Å². The highest BCUT2D eigenvalue weighted by Gasteiger charge is 2.22. The first kappa shape index (κ1) is 15.4. The van der Waals surface area contributed by atoms with E-state index >= 15 is 0 Å². The van der Waals surface area contributed by atoms with Crippen LogP contribution in [0.3, 0.4) is 0 Å². The van der Waals surface area contributed by atoms with Crippen LogP contribution in [0.2, 0.25) is 0 Å². The number of hydrogen-bond acceptors (Lipinski definition) is 5. The molecule has 22 heavy (non-hydrogen) atoms. The first-order chi connectivity index (χ1) is 10.6. The molecule has 0 heterocycles. The van der Waals surface area contributed by atoms with Crippen molar-refractivity contribution in [3.8, 4) is 0 Å². The van der Waals surface area contributed by atoms with Gasteiger partial charge in [0.15, 0.2) is 5.78 Å². The maximum absolute atomic E-state index is 12.7. The van der Waals surface area contributed by atoms with Crippen molar-refractivity contribution in [3.63, 3.8) is 0 Å².